The zero-order chi connectivity index (χ0) is 23.3. The summed E-state index contributed by atoms with van der Waals surface area (Å²) in [5.41, 5.74) is 7.58. The Bertz CT molecular complexity index is 1270. The Hall–Kier alpha value is -3.97. The lowest BCUT2D eigenvalue weighted by Crippen LogP contribution is -2.26. The lowest BCUT2D eigenvalue weighted by atomic mass is 9.99. The van der Waals surface area contributed by atoms with Crippen molar-refractivity contribution in [3.63, 3.8) is 0 Å². The number of likely N-dealkylation sites (N-methyl/N-ethyl adjacent to an activating group) is 1. The number of amides is 1. The van der Waals surface area contributed by atoms with Crippen LogP contribution in [0.3, 0.4) is 0 Å². The molecule has 1 amide bonds. The maximum Gasteiger partial charge on any atom is 0.251 e. The number of carbonyl (C=O) groups is 1. The van der Waals surface area contributed by atoms with Crippen LogP contribution in [-0.2, 0) is 26.1 Å². The molecule has 7 heteroatoms. The first-order valence-corrected chi connectivity index (χ1v) is 11.4. The molecule has 0 atom stereocenters. The molecule has 1 aliphatic rings. The second-order valence-corrected chi connectivity index (χ2v) is 8.65. The molecule has 0 aliphatic carbocycles. The maximum absolute atomic E-state index is 12.6. The molecule has 0 spiro atoms. The van der Waals surface area contributed by atoms with Gasteiger partial charge in [0.1, 0.15) is 0 Å². The van der Waals surface area contributed by atoms with Gasteiger partial charge in [0.25, 0.3) is 5.91 Å². The molecule has 0 radical (unpaired) electrons. The quantitative estimate of drug-likeness (QED) is 0.435. The molecule has 2 N–H and O–H groups in total. The number of anilines is 1. The average Bonchev–Trinajstić information content (AvgIpc) is 3.41. The van der Waals surface area contributed by atoms with Gasteiger partial charge < -0.3 is 20.0 Å². The van der Waals surface area contributed by atoms with Gasteiger partial charge in [-0.15, -0.1) is 10.2 Å². The smallest absolute Gasteiger partial charge is 0.251 e. The van der Waals surface area contributed by atoms with Crippen LogP contribution in [0.5, 0.6) is 0 Å². The lowest BCUT2D eigenvalue weighted by molar-refractivity contribution is 0.0951. The first kappa shape index (κ1) is 21.9. The fourth-order valence-electron chi connectivity index (χ4n) is 4.21. The highest BCUT2D eigenvalue weighted by Gasteiger charge is 2.13. The molecule has 4 aromatic rings. The molecule has 7 nitrogen and oxygen atoms in total. The summed E-state index contributed by atoms with van der Waals surface area (Å²) in [7, 11) is 2.17. The van der Waals surface area contributed by atoms with Crippen LogP contribution in [0.25, 0.3) is 11.5 Å². The summed E-state index contributed by atoms with van der Waals surface area (Å²) in [6, 6.07) is 22.1. The summed E-state index contributed by atoms with van der Waals surface area (Å²) in [5.74, 6) is 0.305. The highest BCUT2D eigenvalue weighted by molar-refractivity contribution is 5.94. The van der Waals surface area contributed by atoms with Crippen LogP contribution in [0.1, 0.15) is 32.6 Å². The zero-order valence-corrected chi connectivity index (χ0v) is 19.1. The fourth-order valence-corrected chi connectivity index (χ4v) is 4.21. The number of hydrogen-bond donors (Lipinski definition) is 2. The van der Waals surface area contributed by atoms with Gasteiger partial charge in [0.05, 0.1) is 0 Å². The van der Waals surface area contributed by atoms with Crippen molar-refractivity contribution in [2.75, 3.05) is 18.9 Å². The van der Waals surface area contributed by atoms with Gasteiger partial charge in [0, 0.05) is 43.0 Å². The van der Waals surface area contributed by atoms with Gasteiger partial charge in [-0.25, -0.2) is 0 Å². The minimum atomic E-state index is -0.125. The fraction of sp³-hybridized carbons (Fsp3) is 0.222. The monoisotopic (exact) mass is 453 g/mol. The van der Waals surface area contributed by atoms with Crippen molar-refractivity contribution in [1.29, 1.82) is 0 Å². The SMILES string of the molecule is CN1CCc2ccc(NCc3cccc(CNC(=O)c4ccc(-c5nnco5)cc4)c3)cc2C1. The van der Waals surface area contributed by atoms with Crippen LogP contribution < -0.4 is 10.6 Å². The Labute approximate surface area is 198 Å². The van der Waals surface area contributed by atoms with Crippen molar-refractivity contribution >= 4 is 11.6 Å². The van der Waals surface area contributed by atoms with Crippen molar-refractivity contribution in [2.45, 2.75) is 26.1 Å². The molecular weight excluding hydrogens is 426 g/mol. The van der Waals surface area contributed by atoms with E-state index in [-0.39, 0.29) is 5.91 Å². The second kappa shape index (κ2) is 9.89. The van der Waals surface area contributed by atoms with E-state index in [1.54, 1.807) is 24.3 Å². The highest BCUT2D eigenvalue weighted by Crippen LogP contribution is 2.22. The van der Waals surface area contributed by atoms with Crippen LogP contribution in [0.2, 0.25) is 0 Å². The molecule has 0 saturated carbocycles. The van der Waals surface area contributed by atoms with E-state index in [0.717, 1.165) is 42.9 Å². The van der Waals surface area contributed by atoms with Crippen LogP contribution in [0.15, 0.2) is 77.5 Å². The van der Waals surface area contributed by atoms with Crippen molar-refractivity contribution < 1.29 is 9.21 Å². The van der Waals surface area contributed by atoms with Crippen molar-refractivity contribution in [2.24, 2.45) is 0 Å². The van der Waals surface area contributed by atoms with E-state index in [1.165, 1.54) is 23.1 Å². The molecule has 34 heavy (non-hydrogen) atoms. The van der Waals surface area contributed by atoms with Gasteiger partial charge in [0.2, 0.25) is 12.3 Å². The van der Waals surface area contributed by atoms with Crippen molar-refractivity contribution in [3.8, 4) is 11.5 Å². The molecule has 3 aromatic carbocycles. The van der Waals surface area contributed by atoms with E-state index in [0.29, 0.717) is 18.0 Å². The van der Waals surface area contributed by atoms with Crippen molar-refractivity contribution in [1.82, 2.24) is 20.4 Å². The number of hydrogen-bond acceptors (Lipinski definition) is 6. The topological polar surface area (TPSA) is 83.3 Å². The standard InChI is InChI=1S/C27H27N5O2/c1-32-12-11-21-9-10-25(14-24(21)17-32)28-15-19-3-2-4-20(13-19)16-29-26(33)22-5-7-23(8-6-22)27-31-30-18-34-27/h2-10,13-14,18,28H,11-12,15-17H2,1H3,(H,29,33). The van der Waals surface area contributed by atoms with Gasteiger partial charge in [-0.2, -0.15) is 0 Å². The Morgan fingerprint density at radius 1 is 1.00 bits per heavy atom. The Kier molecular flexibility index (Phi) is 6.35. The molecule has 0 saturated heterocycles. The molecule has 0 unspecified atom stereocenters. The summed E-state index contributed by atoms with van der Waals surface area (Å²) in [6.07, 6.45) is 2.40. The van der Waals surface area contributed by atoms with Gasteiger partial charge in [-0.05, 0) is 72.1 Å². The van der Waals surface area contributed by atoms with Crippen LogP contribution >= 0.6 is 0 Å². The van der Waals surface area contributed by atoms with Crippen LogP contribution in [-0.4, -0.2) is 34.6 Å². The molecule has 172 valence electrons. The number of benzene rings is 3. The van der Waals surface area contributed by atoms with E-state index in [4.69, 9.17) is 4.42 Å². The Morgan fingerprint density at radius 3 is 2.62 bits per heavy atom. The van der Waals surface area contributed by atoms with E-state index >= 15 is 0 Å². The van der Waals surface area contributed by atoms with Gasteiger partial charge in [-0.1, -0.05) is 30.3 Å². The molecule has 1 aromatic heterocycles. The molecular formula is C27H27N5O2. The Morgan fingerprint density at radius 2 is 1.82 bits per heavy atom. The molecule has 5 rings (SSSR count). The molecule has 2 heterocycles. The van der Waals surface area contributed by atoms with Gasteiger partial charge in [0.15, 0.2) is 0 Å². The number of nitrogens with one attached hydrogen (secondary N) is 2. The summed E-state index contributed by atoms with van der Waals surface area (Å²) >= 11 is 0. The normalized spacial score (nSPS) is 13.3. The minimum absolute atomic E-state index is 0.125. The summed E-state index contributed by atoms with van der Waals surface area (Å²) in [5, 5.41) is 14.1. The number of carbonyl (C=O) groups excluding carboxylic acids is 1. The minimum Gasteiger partial charge on any atom is -0.423 e. The largest absolute Gasteiger partial charge is 0.423 e. The third-order valence-electron chi connectivity index (χ3n) is 6.10. The number of rotatable bonds is 7. The third-order valence-corrected chi connectivity index (χ3v) is 6.10. The van der Waals surface area contributed by atoms with E-state index in [1.807, 2.05) is 12.1 Å². The second-order valence-electron chi connectivity index (χ2n) is 8.65. The molecule has 0 fully saturated rings. The number of nitrogens with zero attached hydrogens (tertiary/aromatic N) is 3. The molecule has 1 aliphatic heterocycles. The predicted molar refractivity (Wildman–Crippen MR) is 131 cm³/mol. The van der Waals surface area contributed by atoms with Gasteiger partial charge in [-0.3, -0.25) is 4.79 Å². The van der Waals surface area contributed by atoms with E-state index in [2.05, 4.69) is 63.1 Å². The summed E-state index contributed by atoms with van der Waals surface area (Å²) in [6.45, 7) is 3.31. The number of fused-ring (bicyclic) bond motifs is 1. The first-order chi connectivity index (χ1) is 16.6. The van der Waals surface area contributed by atoms with Crippen LogP contribution in [0, 0.1) is 0 Å². The van der Waals surface area contributed by atoms with E-state index in [9.17, 15) is 4.79 Å². The summed E-state index contributed by atoms with van der Waals surface area (Å²) < 4.78 is 5.18. The first-order valence-electron chi connectivity index (χ1n) is 11.4. The lowest BCUT2D eigenvalue weighted by Gasteiger charge is -2.25. The highest BCUT2D eigenvalue weighted by atomic mass is 16.4. The van der Waals surface area contributed by atoms with Gasteiger partial charge >= 0.3 is 0 Å². The average molecular weight is 454 g/mol. The third kappa shape index (κ3) is 5.15. The zero-order valence-electron chi connectivity index (χ0n) is 19.1. The predicted octanol–water partition coefficient (Wildman–Crippen LogP) is 4.27. The maximum atomic E-state index is 12.6. The molecule has 0 bridgehead atoms. The van der Waals surface area contributed by atoms with E-state index < -0.39 is 0 Å². The van der Waals surface area contributed by atoms with Crippen molar-refractivity contribution in [3.05, 3.63) is 101 Å². The van der Waals surface area contributed by atoms with Crippen LogP contribution in [0.4, 0.5) is 5.69 Å². The number of aromatic nitrogens is 2. The Balaban J connectivity index is 1.16. The summed E-state index contributed by atoms with van der Waals surface area (Å²) in [4.78, 5) is 14.9.